The van der Waals surface area contributed by atoms with Gasteiger partial charge in [0.2, 0.25) is 0 Å². The molecule has 1 unspecified atom stereocenters. The second kappa shape index (κ2) is 7.28. The molecule has 2 aromatic carbocycles. The van der Waals surface area contributed by atoms with Crippen molar-refractivity contribution < 1.29 is 0 Å². The van der Waals surface area contributed by atoms with Crippen molar-refractivity contribution in [3.8, 4) is 0 Å². The van der Waals surface area contributed by atoms with Crippen molar-refractivity contribution in [1.29, 1.82) is 0 Å². The molecule has 1 N–H and O–H groups in total. The van der Waals surface area contributed by atoms with E-state index in [2.05, 4.69) is 79.5 Å². The Morgan fingerprint density at radius 2 is 1.71 bits per heavy atom. The Morgan fingerprint density at radius 3 is 2.29 bits per heavy atom. The summed E-state index contributed by atoms with van der Waals surface area (Å²) in [6.07, 6.45) is 0. The molecular formula is C19H26N2. The number of aryl methyl sites for hydroxylation is 2. The maximum Gasteiger partial charge on any atom is 0.0495 e. The minimum absolute atomic E-state index is 0.337. The normalized spacial score (nSPS) is 12.2. The standard InChI is InChI=1S/C19H26N2/c1-5-21(18-9-7-6-8-10-18)14-19(20-4)17-12-11-15(2)16(3)13-17/h6-13,19-20H,5,14H2,1-4H3. The van der Waals surface area contributed by atoms with Crippen LogP contribution >= 0.6 is 0 Å². The van der Waals surface area contributed by atoms with Crippen LogP contribution < -0.4 is 10.2 Å². The first-order chi connectivity index (χ1) is 10.2. The zero-order valence-corrected chi connectivity index (χ0v) is 13.6. The molecule has 0 fully saturated rings. The van der Waals surface area contributed by atoms with E-state index in [9.17, 15) is 0 Å². The van der Waals surface area contributed by atoms with Gasteiger partial charge in [-0.1, -0.05) is 36.4 Å². The number of nitrogens with zero attached hydrogens (tertiary/aromatic N) is 1. The monoisotopic (exact) mass is 282 g/mol. The van der Waals surface area contributed by atoms with E-state index < -0.39 is 0 Å². The number of hydrogen-bond donors (Lipinski definition) is 1. The van der Waals surface area contributed by atoms with Gasteiger partial charge < -0.3 is 10.2 Å². The minimum atomic E-state index is 0.337. The minimum Gasteiger partial charge on any atom is -0.370 e. The summed E-state index contributed by atoms with van der Waals surface area (Å²) in [5.41, 5.74) is 5.35. The van der Waals surface area contributed by atoms with Crippen molar-refractivity contribution in [2.75, 3.05) is 25.0 Å². The summed E-state index contributed by atoms with van der Waals surface area (Å²) >= 11 is 0. The molecule has 0 bridgehead atoms. The number of hydrogen-bond acceptors (Lipinski definition) is 2. The third kappa shape index (κ3) is 3.85. The lowest BCUT2D eigenvalue weighted by Gasteiger charge is -2.29. The number of nitrogens with one attached hydrogen (secondary N) is 1. The fourth-order valence-electron chi connectivity index (χ4n) is 2.62. The number of rotatable bonds is 6. The molecule has 2 nitrogen and oxygen atoms in total. The van der Waals surface area contributed by atoms with Gasteiger partial charge in [0.15, 0.2) is 0 Å². The van der Waals surface area contributed by atoms with Crippen molar-refractivity contribution in [1.82, 2.24) is 5.32 Å². The highest BCUT2D eigenvalue weighted by atomic mass is 15.1. The van der Waals surface area contributed by atoms with Crippen LogP contribution in [0.2, 0.25) is 0 Å². The number of para-hydroxylation sites is 1. The maximum atomic E-state index is 3.46. The van der Waals surface area contributed by atoms with Gasteiger partial charge in [-0.2, -0.15) is 0 Å². The van der Waals surface area contributed by atoms with Crippen LogP contribution in [0.5, 0.6) is 0 Å². The lowest BCUT2D eigenvalue weighted by atomic mass is 10.0. The first-order valence-corrected chi connectivity index (χ1v) is 7.70. The van der Waals surface area contributed by atoms with Gasteiger partial charge in [0.1, 0.15) is 0 Å². The van der Waals surface area contributed by atoms with E-state index in [1.165, 1.54) is 22.4 Å². The van der Waals surface area contributed by atoms with E-state index in [1.54, 1.807) is 0 Å². The fraction of sp³-hybridized carbons (Fsp3) is 0.368. The van der Waals surface area contributed by atoms with Crippen molar-refractivity contribution in [3.05, 3.63) is 65.2 Å². The van der Waals surface area contributed by atoms with E-state index in [0.29, 0.717) is 6.04 Å². The predicted octanol–water partition coefficient (Wildman–Crippen LogP) is 4.09. The van der Waals surface area contributed by atoms with Crippen LogP contribution in [0.4, 0.5) is 5.69 Å². The molecular weight excluding hydrogens is 256 g/mol. The fourth-order valence-corrected chi connectivity index (χ4v) is 2.62. The van der Waals surface area contributed by atoms with E-state index >= 15 is 0 Å². The van der Waals surface area contributed by atoms with Gasteiger partial charge in [0, 0.05) is 24.8 Å². The van der Waals surface area contributed by atoms with Crippen LogP contribution in [0.25, 0.3) is 0 Å². The quantitative estimate of drug-likeness (QED) is 0.858. The van der Waals surface area contributed by atoms with E-state index in [1.807, 2.05) is 7.05 Å². The van der Waals surface area contributed by atoms with Gasteiger partial charge in [-0.25, -0.2) is 0 Å². The summed E-state index contributed by atoms with van der Waals surface area (Å²) in [5.74, 6) is 0. The van der Waals surface area contributed by atoms with Gasteiger partial charge in [0.05, 0.1) is 0 Å². The Balaban J connectivity index is 2.19. The molecule has 0 heterocycles. The Morgan fingerprint density at radius 1 is 1.00 bits per heavy atom. The Labute approximate surface area is 128 Å². The lowest BCUT2D eigenvalue weighted by molar-refractivity contribution is 0.576. The maximum absolute atomic E-state index is 3.46. The lowest BCUT2D eigenvalue weighted by Crippen LogP contribution is -2.33. The summed E-state index contributed by atoms with van der Waals surface area (Å²) in [5, 5.41) is 3.46. The third-order valence-electron chi connectivity index (χ3n) is 4.19. The topological polar surface area (TPSA) is 15.3 Å². The van der Waals surface area contributed by atoms with E-state index in [4.69, 9.17) is 0 Å². The zero-order valence-electron chi connectivity index (χ0n) is 13.6. The first kappa shape index (κ1) is 15.6. The van der Waals surface area contributed by atoms with Crippen molar-refractivity contribution >= 4 is 5.69 Å². The van der Waals surface area contributed by atoms with Crippen LogP contribution in [0.15, 0.2) is 48.5 Å². The van der Waals surface area contributed by atoms with Gasteiger partial charge >= 0.3 is 0 Å². The molecule has 2 aromatic rings. The molecule has 0 spiro atoms. The second-order valence-corrected chi connectivity index (χ2v) is 5.56. The van der Waals surface area contributed by atoms with Crippen molar-refractivity contribution in [2.45, 2.75) is 26.8 Å². The summed E-state index contributed by atoms with van der Waals surface area (Å²) in [6.45, 7) is 8.53. The molecule has 0 saturated carbocycles. The summed E-state index contributed by atoms with van der Waals surface area (Å²) in [4.78, 5) is 2.41. The molecule has 0 aliphatic heterocycles. The summed E-state index contributed by atoms with van der Waals surface area (Å²) in [7, 11) is 2.04. The van der Waals surface area contributed by atoms with Crippen LogP contribution in [-0.2, 0) is 0 Å². The molecule has 0 radical (unpaired) electrons. The van der Waals surface area contributed by atoms with E-state index in [0.717, 1.165) is 13.1 Å². The van der Waals surface area contributed by atoms with Crippen LogP contribution in [0.1, 0.15) is 29.7 Å². The smallest absolute Gasteiger partial charge is 0.0495 e. The molecule has 2 rings (SSSR count). The SMILES string of the molecule is CCN(CC(NC)c1ccc(C)c(C)c1)c1ccccc1. The highest BCUT2D eigenvalue weighted by Gasteiger charge is 2.14. The average Bonchev–Trinajstić information content (AvgIpc) is 2.52. The third-order valence-corrected chi connectivity index (χ3v) is 4.19. The molecule has 21 heavy (non-hydrogen) atoms. The average molecular weight is 282 g/mol. The van der Waals surface area contributed by atoms with Gasteiger partial charge in [-0.3, -0.25) is 0 Å². The summed E-state index contributed by atoms with van der Waals surface area (Å²) < 4.78 is 0. The highest BCUT2D eigenvalue weighted by Crippen LogP contribution is 2.21. The zero-order chi connectivity index (χ0) is 15.2. The number of likely N-dealkylation sites (N-methyl/N-ethyl adjacent to an activating group) is 2. The number of benzene rings is 2. The van der Waals surface area contributed by atoms with Gasteiger partial charge in [-0.15, -0.1) is 0 Å². The molecule has 2 heteroatoms. The molecule has 112 valence electrons. The molecule has 0 aliphatic rings. The highest BCUT2D eigenvalue weighted by molar-refractivity contribution is 5.46. The van der Waals surface area contributed by atoms with E-state index in [-0.39, 0.29) is 0 Å². The van der Waals surface area contributed by atoms with Crippen molar-refractivity contribution in [3.63, 3.8) is 0 Å². The first-order valence-electron chi connectivity index (χ1n) is 7.70. The van der Waals surface area contributed by atoms with Crippen molar-refractivity contribution in [2.24, 2.45) is 0 Å². The van der Waals surface area contributed by atoms with Crippen LogP contribution in [0.3, 0.4) is 0 Å². The van der Waals surface area contributed by atoms with Crippen LogP contribution in [0, 0.1) is 13.8 Å². The predicted molar refractivity (Wildman–Crippen MR) is 92.0 cm³/mol. The number of anilines is 1. The molecule has 0 amide bonds. The molecule has 1 atom stereocenters. The van der Waals surface area contributed by atoms with Gasteiger partial charge in [-0.05, 0) is 56.6 Å². The van der Waals surface area contributed by atoms with Crippen LogP contribution in [-0.4, -0.2) is 20.1 Å². The Kier molecular flexibility index (Phi) is 5.40. The Hall–Kier alpha value is -1.80. The largest absolute Gasteiger partial charge is 0.370 e. The second-order valence-electron chi connectivity index (χ2n) is 5.56. The van der Waals surface area contributed by atoms with Gasteiger partial charge in [0.25, 0.3) is 0 Å². The summed E-state index contributed by atoms with van der Waals surface area (Å²) in [6, 6.07) is 17.7. The molecule has 0 aliphatic carbocycles. The molecule has 0 saturated heterocycles. The molecule has 0 aromatic heterocycles. The Bertz CT molecular complexity index is 563.